The normalized spacial score (nSPS) is 16.1. The molecule has 2 aromatic heterocycles. The Bertz CT molecular complexity index is 575. The minimum Gasteiger partial charge on any atom is -0.375 e. The number of aromatic nitrogens is 1. The first kappa shape index (κ1) is 13.3. The second-order valence-corrected chi connectivity index (χ2v) is 5.66. The molecule has 0 radical (unpaired) electrons. The van der Waals surface area contributed by atoms with E-state index in [9.17, 15) is 4.79 Å². The molecule has 1 atom stereocenters. The van der Waals surface area contributed by atoms with E-state index in [1.807, 2.05) is 16.8 Å². The Balaban J connectivity index is 1.57. The van der Waals surface area contributed by atoms with Crippen molar-refractivity contribution in [2.45, 2.75) is 24.9 Å². The highest BCUT2D eigenvalue weighted by atomic mass is 32.1. The third-order valence-electron chi connectivity index (χ3n) is 3.39. The molecule has 1 fully saturated rings. The minimum absolute atomic E-state index is 0.139. The molecule has 20 heavy (non-hydrogen) atoms. The molecular formula is C14H16N2O3S. The van der Waals surface area contributed by atoms with Gasteiger partial charge in [-0.3, -0.25) is 4.79 Å². The molecule has 1 saturated carbocycles. The Hall–Kier alpha value is -1.66. The van der Waals surface area contributed by atoms with Gasteiger partial charge in [0.25, 0.3) is 5.91 Å². The van der Waals surface area contributed by atoms with Crippen molar-refractivity contribution in [3.63, 3.8) is 0 Å². The number of amides is 1. The zero-order chi connectivity index (χ0) is 13.9. The van der Waals surface area contributed by atoms with Gasteiger partial charge < -0.3 is 14.6 Å². The lowest BCUT2D eigenvalue weighted by atomic mass is 10.2. The van der Waals surface area contributed by atoms with E-state index in [0.717, 1.165) is 24.2 Å². The van der Waals surface area contributed by atoms with Gasteiger partial charge in [0.2, 0.25) is 0 Å². The van der Waals surface area contributed by atoms with Gasteiger partial charge in [-0.25, -0.2) is 0 Å². The van der Waals surface area contributed by atoms with E-state index in [-0.39, 0.29) is 12.0 Å². The molecule has 0 aromatic carbocycles. The average molecular weight is 292 g/mol. The van der Waals surface area contributed by atoms with Crippen molar-refractivity contribution >= 4 is 17.2 Å². The van der Waals surface area contributed by atoms with Crippen LogP contribution in [0.5, 0.6) is 0 Å². The summed E-state index contributed by atoms with van der Waals surface area (Å²) in [6.07, 6.45) is 2.11. The number of nitrogens with one attached hydrogen (secondary N) is 1. The monoisotopic (exact) mass is 292 g/mol. The number of hydrogen-bond donors (Lipinski definition) is 1. The smallest absolute Gasteiger partial charge is 0.273 e. The van der Waals surface area contributed by atoms with E-state index in [1.165, 1.54) is 0 Å². The van der Waals surface area contributed by atoms with Crippen molar-refractivity contribution in [1.29, 1.82) is 0 Å². The molecule has 0 spiro atoms. The number of carbonyl (C=O) groups is 1. The first-order valence-electron chi connectivity index (χ1n) is 6.57. The fourth-order valence-corrected chi connectivity index (χ4v) is 2.73. The summed E-state index contributed by atoms with van der Waals surface area (Å²) < 4.78 is 10.6. The van der Waals surface area contributed by atoms with Crippen LogP contribution in [0.25, 0.3) is 0 Å². The third-order valence-corrected chi connectivity index (χ3v) is 4.09. The molecule has 2 aromatic rings. The molecule has 0 unspecified atom stereocenters. The summed E-state index contributed by atoms with van der Waals surface area (Å²) in [6, 6.07) is 3.73. The van der Waals surface area contributed by atoms with Crippen molar-refractivity contribution in [2.75, 3.05) is 13.7 Å². The molecule has 0 bridgehead atoms. The minimum atomic E-state index is -0.224. The highest BCUT2D eigenvalue weighted by molar-refractivity contribution is 7.07. The van der Waals surface area contributed by atoms with Crippen molar-refractivity contribution < 1.29 is 14.1 Å². The molecule has 2 heterocycles. The van der Waals surface area contributed by atoms with Crippen molar-refractivity contribution in [3.05, 3.63) is 39.9 Å². The fraction of sp³-hybridized carbons (Fsp3) is 0.429. The van der Waals surface area contributed by atoms with Gasteiger partial charge in [-0.1, -0.05) is 5.16 Å². The fourth-order valence-electron chi connectivity index (χ4n) is 2.03. The molecule has 6 heteroatoms. The zero-order valence-corrected chi connectivity index (χ0v) is 12.0. The van der Waals surface area contributed by atoms with E-state index < -0.39 is 0 Å². The number of thiophene rings is 1. The second-order valence-electron chi connectivity index (χ2n) is 4.88. The van der Waals surface area contributed by atoms with Crippen LogP contribution >= 0.6 is 11.3 Å². The highest BCUT2D eigenvalue weighted by Crippen LogP contribution is 2.40. The van der Waals surface area contributed by atoms with Crippen molar-refractivity contribution in [2.24, 2.45) is 0 Å². The predicted molar refractivity (Wildman–Crippen MR) is 74.9 cm³/mol. The SMILES string of the molecule is CO[C@@H](CNC(=O)c1cc(C2CC2)on1)c1ccsc1. The van der Waals surface area contributed by atoms with Gasteiger partial charge in [0.1, 0.15) is 11.9 Å². The standard InChI is InChI=1S/C14H16N2O3S/c1-18-13(10-4-5-20-8-10)7-15-14(17)11-6-12(19-16-11)9-2-3-9/h4-6,8-9,13H,2-3,7H2,1H3,(H,15,17)/t13-/m0/s1. The van der Waals surface area contributed by atoms with Crippen LogP contribution < -0.4 is 5.32 Å². The van der Waals surface area contributed by atoms with Crippen molar-refractivity contribution in [3.8, 4) is 0 Å². The van der Waals surface area contributed by atoms with Crippen molar-refractivity contribution in [1.82, 2.24) is 10.5 Å². The quantitative estimate of drug-likeness (QED) is 0.889. The van der Waals surface area contributed by atoms with Gasteiger partial charge in [-0.2, -0.15) is 11.3 Å². The topological polar surface area (TPSA) is 64.4 Å². The summed E-state index contributed by atoms with van der Waals surface area (Å²) in [7, 11) is 1.63. The Kier molecular flexibility index (Phi) is 3.84. The van der Waals surface area contributed by atoms with E-state index in [0.29, 0.717) is 18.2 Å². The van der Waals surface area contributed by atoms with Crippen LogP contribution in [0.1, 0.15) is 46.7 Å². The largest absolute Gasteiger partial charge is 0.375 e. The van der Waals surface area contributed by atoms with Gasteiger partial charge in [0, 0.05) is 25.6 Å². The molecule has 1 N–H and O–H groups in total. The maximum atomic E-state index is 12.0. The number of rotatable bonds is 6. The summed E-state index contributed by atoms with van der Waals surface area (Å²) in [6.45, 7) is 0.414. The number of nitrogens with zero attached hydrogens (tertiary/aromatic N) is 1. The van der Waals surface area contributed by atoms with Crippen LogP contribution in [0.15, 0.2) is 27.4 Å². The Morgan fingerprint density at radius 1 is 1.65 bits per heavy atom. The summed E-state index contributed by atoms with van der Waals surface area (Å²) in [5.41, 5.74) is 1.41. The summed E-state index contributed by atoms with van der Waals surface area (Å²) >= 11 is 1.61. The molecule has 106 valence electrons. The highest BCUT2D eigenvalue weighted by Gasteiger charge is 2.29. The number of ether oxygens (including phenoxy) is 1. The van der Waals surface area contributed by atoms with E-state index >= 15 is 0 Å². The van der Waals surface area contributed by atoms with Crippen LogP contribution in [0, 0.1) is 0 Å². The molecule has 1 aliphatic carbocycles. The summed E-state index contributed by atoms with van der Waals surface area (Å²) in [5.74, 6) is 1.05. The maximum Gasteiger partial charge on any atom is 0.273 e. The molecule has 0 aliphatic heterocycles. The average Bonchev–Trinajstić information content (AvgIpc) is 2.97. The maximum absolute atomic E-state index is 12.0. The molecule has 0 saturated heterocycles. The van der Waals surface area contributed by atoms with Crippen LogP contribution in [0.3, 0.4) is 0 Å². The number of hydrogen-bond acceptors (Lipinski definition) is 5. The number of methoxy groups -OCH3 is 1. The zero-order valence-electron chi connectivity index (χ0n) is 11.2. The first-order chi connectivity index (χ1) is 9.78. The Morgan fingerprint density at radius 3 is 3.15 bits per heavy atom. The van der Waals surface area contributed by atoms with Gasteiger partial charge in [-0.05, 0) is 35.2 Å². The molecule has 1 amide bonds. The van der Waals surface area contributed by atoms with Crippen LogP contribution in [-0.4, -0.2) is 24.7 Å². The van der Waals surface area contributed by atoms with Crippen LogP contribution in [0.4, 0.5) is 0 Å². The summed E-state index contributed by atoms with van der Waals surface area (Å²) in [4.78, 5) is 12.0. The lowest BCUT2D eigenvalue weighted by Crippen LogP contribution is -2.29. The van der Waals surface area contributed by atoms with Gasteiger partial charge >= 0.3 is 0 Å². The molecule has 1 aliphatic rings. The summed E-state index contributed by atoms with van der Waals surface area (Å²) in [5, 5.41) is 10.7. The molecular weight excluding hydrogens is 276 g/mol. The van der Waals surface area contributed by atoms with E-state index in [4.69, 9.17) is 9.26 Å². The molecule has 3 rings (SSSR count). The Labute approximate surface area is 120 Å². The lowest BCUT2D eigenvalue weighted by Gasteiger charge is -2.14. The predicted octanol–water partition coefficient (Wildman–Crippen LogP) is 2.73. The van der Waals surface area contributed by atoms with Gasteiger partial charge in [0.15, 0.2) is 5.69 Å². The van der Waals surface area contributed by atoms with Crippen LogP contribution in [0.2, 0.25) is 0 Å². The number of carbonyl (C=O) groups excluding carboxylic acids is 1. The van der Waals surface area contributed by atoms with Gasteiger partial charge in [-0.15, -0.1) is 0 Å². The van der Waals surface area contributed by atoms with Gasteiger partial charge in [0.05, 0.1) is 0 Å². The lowest BCUT2D eigenvalue weighted by molar-refractivity contribution is 0.0822. The van der Waals surface area contributed by atoms with E-state index in [1.54, 1.807) is 24.5 Å². The van der Waals surface area contributed by atoms with E-state index in [2.05, 4.69) is 10.5 Å². The molecule has 5 nitrogen and oxygen atoms in total. The second kappa shape index (κ2) is 5.76. The first-order valence-corrected chi connectivity index (χ1v) is 7.52. The Morgan fingerprint density at radius 2 is 2.50 bits per heavy atom. The third kappa shape index (κ3) is 2.91. The van der Waals surface area contributed by atoms with Crippen LogP contribution in [-0.2, 0) is 4.74 Å².